The predicted octanol–water partition coefficient (Wildman–Crippen LogP) is 5.13. The van der Waals surface area contributed by atoms with Crippen LogP contribution in [0.3, 0.4) is 0 Å². The average Bonchev–Trinajstić information content (AvgIpc) is 2.54. The van der Waals surface area contributed by atoms with Crippen LogP contribution in [-0.2, 0) is 0 Å². The van der Waals surface area contributed by atoms with E-state index in [-0.39, 0.29) is 0 Å². The maximum Gasteiger partial charge on any atom is 0.0249 e. The molecule has 0 fully saturated rings. The molecule has 0 radical (unpaired) electrons. The minimum absolute atomic E-state index is 0.929. The van der Waals surface area contributed by atoms with Crippen molar-refractivity contribution in [3.8, 4) is 12.3 Å². The van der Waals surface area contributed by atoms with Crippen molar-refractivity contribution < 1.29 is 0 Å². The average molecular weight is 252 g/mol. The van der Waals surface area contributed by atoms with Gasteiger partial charge < -0.3 is 0 Å². The van der Waals surface area contributed by atoms with Gasteiger partial charge in [0.1, 0.15) is 0 Å². The Morgan fingerprint density at radius 2 is 1.00 bits per heavy atom. The Kier molecular flexibility index (Phi) is 2.28. The fourth-order valence-corrected chi connectivity index (χ4v) is 3.00. The lowest BCUT2D eigenvalue weighted by atomic mass is 9.93. The fraction of sp³-hybridized carbons (Fsp3) is 0. The van der Waals surface area contributed by atoms with Crippen LogP contribution in [0.5, 0.6) is 0 Å². The summed E-state index contributed by atoms with van der Waals surface area (Å²) in [5.74, 6) is 2.73. The van der Waals surface area contributed by atoms with Crippen LogP contribution in [0.1, 0.15) is 5.56 Å². The molecule has 20 heavy (non-hydrogen) atoms. The van der Waals surface area contributed by atoms with E-state index in [0.29, 0.717) is 0 Å². The number of hydrogen-bond acceptors (Lipinski definition) is 0. The lowest BCUT2D eigenvalue weighted by Gasteiger charge is -2.10. The van der Waals surface area contributed by atoms with Crippen molar-refractivity contribution in [1.29, 1.82) is 0 Å². The van der Waals surface area contributed by atoms with Crippen LogP contribution in [0.2, 0.25) is 0 Å². The minimum Gasteiger partial charge on any atom is -0.115 e. The molecule has 0 saturated heterocycles. The minimum atomic E-state index is 0.929. The third-order valence-corrected chi connectivity index (χ3v) is 3.91. The molecule has 4 aromatic rings. The molecule has 0 nitrogen and oxygen atoms in total. The van der Waals surface area contributed by atoms with Crippen LogP contribution < -0.4 is 0 Å². The third kappa shape index (κ3) is 1.44. The van der Waals surface area contributed by atoms with Gasteiger partial charge in [0.15, 0.2) is 0 Å². The van der Waals surface area contributed by atoms with Gasteiger partial charge >= 0.3 is 0 Å². The van der Waals surface area contributed by atoms with Crippen LogP contribution in [0.25, 0.3) is 32.3 Å². The first kappa shape index (κ1) is 11.1. The molecule has 92 valence electrons. The van der Waals surface area contributed by atoms with E-state index in [4.69, 9.17) is 6.42 Å². The van der Waals surface area contributed by atoms with Crippen molar-refractivity contribution in [3.63, 3.8) is 0 Å². The Morgan fingerprint density at radius 3 is 1.50 bits per heavy atom. The second-order valence-electron chi connectivity index (χ2n) is 5.00. The van der Waals surface area contributed by atoms with Gasteiger partial charge in [0.2, 0.25) is 0 Å². The standard InChI is InChI=1S/C20H12/c1-2-14-11-12-19-17-9-4-3-7-15(17)16-8-5-6-10-18(16)20(19)13-14/h1,3-13H. The highest BCUT2D eigenvalue weighted by Gasteiger charge is 2.07. The molecule has 0 N–H and O–H groups in total. The zero-order valence-electron chi connectivity index (χ0n) is 10.9. The molecule has 0 unspecified atom stereocenters. The van der Waals surface area contributed by atoms with Crippen LogP contribution in [-0.4, -0.2) is 0 Å². The summed E-state index contributed by atoms with van der Waals surface area (Å²) < 4.78 is 0. The van der Waals surface area contributed by atoms with E-state index < -0.39 is 0 Å². The molecule has 0 aromatic heterocycles. The second-order valence-corrected chi connectivity index (χ2v) is 5.00. The Morgan fingerprint density at radius 1 is 0.550 bits per heavy atom. The summed E-state index contributed by atoms with van der Waals surface area (Å²) in [5.41, 5.74) is 0.929. The van der Waals surface area contributed by atoms with Gasteiger partial charge in [-0.15, -0.1) is 6.42 Å². The van der Waals surface area contributed by atoms with Crippen LogP contribution >= 0.6 is 0 Å². The number of terminal acetylenes is 1. The third-order valence-electron chi connectivity index (χ3n) is 3.91. The van der Waals surface area contributed by atoms with Crippen molar-refractivity contribution in [2.45, 2.75) is 0 Å². The first-order valence-electron chi connectivity index (χ1n) is 6.68. The largest absolute Gasteiger partial charge is 0.115 e. The highest BCUT2D eigenvalue weighted by molar-refractivity contribution is 6.25. The number of hydrogen-bond donors (Lipinski definition) is 0. The lowest BCUT2D eigenvalue weighted by molar-refractivity contribution is 1.73. The van der Waals surface area contributed by atoms with E-state index in [1.807, 2.05) is 6.07 Å². The van der Waals surface area contributed by atoms with Crippen LogP contribution in [0, 0.1) is 12.3 Å². The predicted molar refractivity (Wildman–Crippen MR) is 86.9 cm³/mol. The Labute approximate surface area is 117 Å². The van der Waals surface area contributed by atoms with E-state index in [1.165, 1.54) is 32.3 Å². The molecule has 0 bridgehead atoms. The van der Waals surface area contributed by atoms with Gasteiger partial charge in [0.25, 0.3) is 0 Å². The molecular weight excluding hydrogens is 240 g/mol. The molecule has 0 saturated carbocycles. The molecule has 0 atom stereocenters. The highest BCUT2D eigenvalue weighted by atomic mass is 14.1. The monoisotopic (exact) mass is 252 g/mol. The highest BCUT2D eigenvalue weighted by Crippen LogP contribution is 2.34. The molecule has 0 amide bonds. The summed E-state index contributed by atoms with van der Waals surface area (Å²) in [6.45, 7) is 0. The van der Waals surface area contributed by atoms with Crippen LogP contribution in [0.15, 0.2) is 66.7 Å². The summed E-state index contributed by atoms with van der Waals surface area (Å²) in [4.78, 5) is 0. The number of benzene rings is 4. The molecule has 0 heteroatoms. The van der Waals surface area contributed by atoms with Gasteiger partial charge in [-0.25, -0.2) is 0 Å². The SMILES string of the molecule is C#Cc1ccc2c3ccccc3c3ccccc3c2c1. The Balaban J connectivity index is 2.39. The van der Waals surface area contributed by atoms with E-state index in [1.54, 1.807) is 0 Å². The van der Waals surface area contributed by atoms with Gasteiger partial charge in [-0.2, -0.15) is 0 Å². The summed E-state index contributed by atoms with van der Waals surface area (Å²) in [7, 11) is 0. The van der Waals surface area contributed by atoms with Crippen molar-refractivity contribution in [2.24, 2.45) is 0 Å². The quantitative estimate of drug-likeness (QED) is 0.301. The van der Waals surface area contributed by atoms with E-state index in [9.17, 15) is 0 Å². The van der Waals surface area contributed by atoms with Crippen molar-refractivity contribution in [3.05, 3.63) is 72.3 Å². The number of rotatable bonds is 0. The maximum atomic E-state index is 5.55. The van der Waals surface area contributed by atoms with Gasteiger partial charge in [-0.05, 0) is 44.5 Å². The van der Waals surface area contributed by atoms with E-state index in [0.717, 1.165) is 5.56 Å². The first-order valence-corrected chi connectivity index (χ1v) is 6.68. The summed E-state index contributed by atoms with van der Waals surface area (Å²) in [6, 6.07) is 23.3. The van der Waals surface area contributed by atoms with Gasteiger partial charge in [-0.1, -0.05) is 60.5 Å². The molecule has 4 aromatic carbocycles. The summed E-state index contributed by atoms with van der Waals surface area (Å²) in [6.07, 6.45) is 5.55. The molecule has 0 aliphatic heterocycles. The van der Waals surface area contributed by atoms with Crippen molar-refractivity contribution in [1.82, 2.24) is 0 Å². The molecule has 0 spiro atoms. The van der Waals surface area contributed by atoms with E-state index >= 15 is 0 Å². The zero-order chi connectivity index (χ0) is 13.5. The second kappa shape index (κ2) is 4.11. The van der Waals surface area contributed by atoms with Gasteiger partial charge in [0, 0.05) is 5.56 Å². The fourth-order valence-electron chi connectivity index (χ4n) is 3.00. The maximum absolute atomic E-state index is 5.55. The smallest absolute Gasteiger partial charge is 0.0249 e. The summed E-state index contributed by atoms with van der Waals surface area (Å²) >= 11 is 0. The summed E-state index contributed by atoms with van der Waals surface area (Å²) in [5, 5.41) is 7.62. The molecule has 0 aliphatic rings. The molecular formula is C20H12. The first-order chi connectivity index (χ1) is 9.88. The molecule has 0 aliphatic carbocycles. The Hall–Kier alpha value is -2.78. The van der Waals surface area contributed by atoms with Gasteiger partial charge in [-0.3, -0.25) is 0 Å². The zero-order valence-corrected chi connectivity index (χ0v) is 10.9. The molecule has 0 heterocycles. The topological polar surface area (TPSA) is 0 Å². The Bertz CT molecular complexity index is 965. The van der Waals surface area contributed by atoms with E-state index in [2.05, 4.69) is 66.6 Å². The van der Waals surface area contributed by atoms with Crippen molar-refractivity contribution in [2.75, 3.05) is 0 Å². The normalized spacial score (nSPS) is 10.9. The van der Waals surface area contributed by atoms with Crippen LogP contribution in [0.4, 0.5) is 0 Å². The lowest BCUT2D eigenvalue weighted by Crippen LogP contribution is -1.84. The molecule has 4 rings (SSSR count). The van der Waals surface area contributed by atoms with Crippen molar-refractivity contribution >= 4 is 32.3 Å². The number of fused-ring (bicyclic) bond motifs is 6. The van der Waals surface area contributed by atoms with Gasteiger partial charge in [0.05, 0.1) is 0 Å².